The molecule has 0 aliphatic heterocycles. The quantitative estimate of drug-likeness (QED) is 0.439. The molecule has 0 unspecified atom stereocenters. The first kappa shape index (κ1) is 14.6. The van der Waals surface area contributed by atoms with Gasteiger partial charge in [0.1, 0.15) is 0 Å². The number of rotatable bonds is 7. The summed E-state index contributed by atoms with van der Waals surface area (Å²) < 4.78 is 0. The van der Waals surface area contributed by atoms with Crippen LogP contribution in [0.15, 0.2) is 18.2 Å². The molecule has 0 atom stereocenters. The Kier molecular flexibility index (Phi) is 5.69. The summed E-state index contributed by atoms with van der Waals surface area (Å²) in [5.74, 6) is 0.779. The molecule has 0 fully saturated rings. The summed E-state index contributed by atoms with van der Waals surface area (Å²) >= 11 is 0. The van der Waals surface area contributed by atoms with Crippen molar-refractivity contribution in [2.75, 3.05) is 17.6 Å². The van der Waals surface area contributed by atoms with Crippen molar-refractivity contribution in [1.82, 2.24) is 0 Å². The van der Waals surface area contributed by atoms with Gasteiger partial charge in [-0.25, -0.2) is 0 Å². The standard InChI is InChI=1S/C15H24N2O/c1-11(2)6-4-5-9-17-13-7-8-15(16)14(10-13)12(3)18/h7-8,10-11,17H,4-6,9,16H2,1-3H3. The Balaban J connectivity index is 2.43. The third-order valence-corrected chi connectivity index (χ3v) is 2.97. The van der Waals surface area contributed by atoms with Crippen LogP contribution in [0.25, 0.3) is 0 Å². The van der Waals surface area contributed by atoms with Crippen LogP contribution in [0.4, 0.5) is 11.4 Å². The van der Waals surface area contributed by atoms with E-state index >= 15 is 0 Å². The van der Waals surface area contributed by atoms with Gasteiger partial charge in [0, 0.05) is 23.5 Å². The van der Waals surface area contributed by atoms with E-state index in [0.29, 0.717) is 11.3 Å². The van der Waals surface area contributed by atoms with Crippen LogP contribution in [-0.2, 0) is 0 Å². The van der Waals surface area contributed by atoms with E-state index in [4.69, 9.17) is 5.73 Å². The Morgan fingerprint density at radius 2 is 2.06 bits per heavy atom. The van der Waals surface area contributed by atoms with Crippen LogP contribution in [0.3, 0.4) is 0 Å². The number of nitrogen functional groups attached to an aromatic ring is 1. The number of hydrogen-bond acceptors (Lipinski definition) is 3. The van der Waals surface area contributed by atoms with E-state index in [9.17, 15) is 4.79 Å². The lowest BCUT2D eigenvalue weighted by molar-refractivity contribution is 0.101. The van der Waals surface area contributed by atoms with Crippen LogP contribution in [0, 0.1) is 5.92 Å². The lowest BCUT2D eigenvalue weighted by atomic mass is 10.1. The monoisotopic (exact) mass is 248 g/mol. The van der Waals surface area contributed by atoms with Gasteiger partial charge in [-0.15, -0.1) is 0 Å². The predicted molar refractivity (Wildman–Crippen MR) is 78.0 cm³/mol. The number of hydrogen-bond donors (Lipinski definition) is 2. The molecule has 3 nitrogen and oxygen atoms in total. The Morgan fingerprint density at radius 3 is 2.67 bits per heavy atom. The molecule has 0 aromatic heterocycles. The van der Waals surface area contributed by atoms with Gasteiger partial charge < -0.3 is 11.1 Å². The summed E-state index contributed by atoms with van der Waals surface area (Å²) in [7, 11) is 0. The van der Waals surface area contributed by atoms with Crippen LogP contribution < -0.4 is 11.1 Å². The Bertz CT molecular complexity index is 399. The average molecular weight is 248 g/mol. The van der Waals surface area contributed by atoms with E-state index < -0.39 is 0 Å². The van der Waals surface area contributed by atoms with Crippen molar-refractivity contribution in [2.24, 2.45) is 5.92 Å². The number of unbranched alkanes of at least 4 members (excludes halogenated alkanes) is 1. The van der Waals surface area contributed by atoms with Crippen molar-refractivity contribution in [3.05, 3.63) is 23.8 Å². The summed E-state index contributed by atoms with van der Waals surface area (Å²) in [6, 6.07) is 5.54. The summed E-state index contributed by atoms with van der Waals surface area (Å²) in [5.41, 5.74) is 7.87. The number of anilines is 2. The van der Waals surface area contributed by atoms with E-state index in [0.717, 1.165) is 24.6 Å². The first-order valence-electron chi connectivity index (χ1n) is 6.65. The van der Waals surface area contributed by atoms with Crippen molar-refractivity contribution < 1.29 is 4.79 Å². The molecule has 0 aliphatic carbocycles. The molecule has 100 valence electrons. The number of benzene rings is 1. The fourth-order valence-electron chi connectivity index (χ4n) is 1.88. The lowest BCUT2D eigenvalue weighted by Gasteiger charge is -2.09. The third kappa shape index (κ3) is 4.78. The van der Waals surface area contributed by atoms with Gasteiger partial charge in [-0.2, -0.15) is 0 Å². The smallest absolute Gasteiger partial charge is 0.161 e. The molecular formula is C15H24N2O. The molecule has 0 aliphatic rings. The van der Waals surface area contributed by atoms with Gasteiger partial charge in [0.25, 0.3) is 0 Å². The minimum absolute atomic E-state index is 0.0101. The van der Waals surface area contributed by atoms with E-state index in [1.807, 2.05) is 12.1 Å². The fourth-order valence-corrected chi connectivity index (χ4v) is 1.88. The van der Waals surface area contributed by atoms with Crippen LogP contribution in [-0.4, -0.2) is 12.3 Å². The maximum Gasteiger partial charge on any atom is 0.161 e. The highest BCUT2D eigenvalue weighted by Crippen LogP contribution is 2.18. The molecule has 18 heavy (non-hydrogen) atoms. The maximum absolute atomic E-state index is 11.4. The Morgan fingerprint density at radius 1 is 1.33 bits per heavy atom. The molecular weight excluding hydrogens is 224 g/mol. The first-order valence-corrected chi connectivity index (χ1v) is 6.65. The second-order valence-corrected chi connectivity index (χ2v) is 5.17. The molecule has 0 spiro atoms. The van der Waals surface area contributed by atoms with Crippen molar-refractivity contribution in [3.8, 4) is 0 Å². The molecule has 1 rings (SSSR count). The molecule has 0 saturated carbocycles. The number of nitrogens with one attached hydrogen (secondary N) is 1. The zero-order valence-corrected chi connectivity index (χ0v) is 11.6. The topological polar surface area (TPSA) is 55.1 Å². The number of Topliss-reactive ketones (excluding diaryl/α,β-unsaturated/α-hetero) is 1. The van der Waals surface area contributed by atoms with Gasteiger partial charge in [-0.1, -0.05) is 26.7 Å². The zero-order valence-electron chi connectivity index (χ0n) is 11.6. The summed E-state index contributed by atoms with van der Waals surface area (Å²) in [6.45, 7) is 6.96. The summed E-state index contributed by atoms with van der Waals surface area (Å²) in [5, 5.41) is 3.33. The van der Waals surface area contributed by atoms with Crippen molar-refractivity contribution in [3.63, 3.8) is 0 Å². The molecule has 3 N–H and O–H groups in total. The van der Waals surface area contributed by atoms with Crippen LogP contribution in [0.1, 0.15) is 50.4 Å². The molecule has 0 radical (unpaired) electrons. The third-order valence-electron chi connectivity index (χ3n) is 2.97. The number of carbonyl (C=O) groups is 1. The minimum Gasteiger partial charge on any atom is -0.398 e. The second kappa shape index (κ2) is 7.04. The fraction of sp³-hybridized carbons (Fsp3) is 0.533. The summed E-state index contributed by atoms with van der Waals surface area (Å²) in [6.07, 6.45) is 3.65. The van der Waals surface area contributed by atoms with Gasteiger partial charge in [0.05, 0.1) is 0 Å². The van der Waals surface area contributed by atoms with Crippen LogP contribution in [0.5, 0.6) is 0 Å². The van der Waals surface area contributed by atoms with E-state index in [1.165, 1.54) is 19.8 Å². The molecule has 0 heterocycles. The maximum atomic E-state index is 11.4. The van der Waals surface area contributed by atoms with Crippen LogP contribution >= 0.6 is 0 Å². The van der Waals surface area contributed by atoms with Gasteiger partial charge in [-0.05, 0) is 37.5 Å². The largest absolute Gasteiger partial charge is 0.398 e. The minimum atomic E-state index is 0.0101. The SMILES string of the molecule is CC(=O)c1cc(NCCCCC(C)C)ccc1N. The highest BCUT2D eigenvalue weighted by atomic mass is 16.1. The average Bonchev–Trinajstić information content (AvgIpc) is 2.30. The number of nitrogens with two attached hydrogens (primary N) is 1. The highest BCUT2D eigenvalue weighted by Gasteiger charge is 2.05. The van der Waals surface area contributed by atoms with Gasteiger partial charge >= 0.3 is 0 Å². The first-order chi connectivity index (χ1) is 8.50. The Hall–Kier alpha value is -1.51. The summed E-state index contributed by atoms with van der Waals surface area (Å²) in [4.78, 5) is 11.4. The van der Waals surface area contributed by atoms with E-state index in [2.05, 4.69) is 19.2 Å². The lowest BCUT2D eigenvalue weighted by Crippen LogP contribution is -2.05. The molecule has 0 saturated heterocycles. The van der Waals surface area contributed by atoms with Crippen molar-refractivity contribution >= 4 is 17.2 Å². The van der Waals surface area contributed by atoms with E-state index in [-0.39, 0.29) is 5.78 Å². The predicted octanol–water partition coefficient (Wildman–Crippen LogP) is 3.71. The second-order valence-electron chi connectivity index (χ2n) is 5.17. The van der Waals surface area contributed by atoms with Crippen molar-refractivity contribution in [2.45, 2.75) is 40.0 Å². The van der Waals surface area contributed by atoms with Gasteiger partial charge in [0.15, 0.2) is 5.78 Å². The number of ketones is 1. The molecule has 1 aromatic carbocycles. The van der Waals surface area contributed by atoms with Crippen molar-refractivity contribution in [1.29, 1.82) is 0 Å². The van der Waals surface area contributed by atoms with Gasteiger partial charge in [-0.3, -0.25) is 4.79 Å². The molecule has 3 heteroatoms. The molecule has 0 bridgehead atoms. The van der Waals surface area contributed by atoms with Crippen LogP contribution in [0.2, 0.25) is 0 Å². The highest BCUT2D eigenvalue weighted by molar-refractivity contribution is 5.99. The van der Waals surface area contributed by atoms with Gasteiger partial charge in [0.2, 0.25) is 0 Å². The molecule has 1 aromatic rings. The number of carbonyl (C=O) groups excluding carboxylic acids is 1. The normalized spacial score (nSPS) is 10.7. The van der Waals surface area contributed by atoms with E-state index in [1.54, 1.807) is 6.07 Å². The molecule has 0 amide bonds. The zero-order chi connectivity index (χ0) is 13.5. The Labute approximate surface area is 110 Å².